The molecule has 1 saturated heterocycles. The quantitative estimate of drug-likeness (QED) is 0.673. The molecule has 0 spiro atoms. The fourth-order valence-electron chi connectivity index (χ4n) is 3.54. The van der Waals surface area contributed by atoms with Crippen molar-refractivity contribution in [3.05, 3.63) is 54.2 Å². The number of rotatable bonds is 5. The van der Waals surface area contributed by atoms with Crippen LogP contribution in [0.5, 0.6) is 5.88 Å². The number of hydrogen-bond donors (Lipinski definition) is 1. The highest BCUT2D eigenvalue weighted by Gasteiger charge is 2.34. The van der Waals surface area contributed by atoms with Crippen molar-refractivity contribution in [2.75, 3.05) is 18.4 Å². The summed E-state index contributed by atoms with van der Waals surface area (Å²) >= 11 is 0. The summed E-state index contributed by atoms with van der Waals surface area (Å²) in [6.07, 6.45) is 1.83. The number of amides is 1. The van der Waals surface area contributed by atoms with Crippen molar-refractivity contribution in [3.8, 4) is 5.88 Å². The van der Waals surface area contributed by atoms with Gasteiger partial charge >= 0.3 is 0 Å². The third-order valence-electron chi connectivity index (χ3n) is 4.93. The molecule has 1 atom stereocenters. The number of fused-ring (bicyclic) bond motifs is 1. The summed E-state index contributed by atoms with van der Waals surface area (Å²) in [7, 11) is -3.67. The molecule has 0 radical (unpaired) electrons. The van der Waals surface area contributed by atoms with E-state index in [2.05, 4.69) is 15.3 Å². The van der Waals surface area contributed by atoms with Gasteiger partial charge in [-0.15, -0.1) is 0 Å². The molecule has 0 saturated carbocycles. The Morgan fingerprint density at radius 1 is 1.20 bits per heavy atom. The molecule has 156 valence electrons. The minimum Gasteiger partial charge on any atom is -0.472 e. The van der Waals surface area contributed by atoms with E-state index in [4.69, 9.17) is 4.74 Å². The Kier molecular flexibility index (Phi) is 5.40. The van der Waals surface area contributed by atoms with Crippen molar-refractivity contribution < 1.29 is 17.9 Å². The van der Waals surface area contributed by atoms with Gasteiger partial charge in [-0.3, -0.25) is 4.79 Å². The van der Waals surface area contributed by atoms with Gasteiger partial charge in [0.2, 0.25) is 21.8 Å². The second-order valence-electron chi connectivity index (χ2n) is 7.25. The summed E-state index contributed by atoms with van der Waals surface area (Å²) in [4.78, 5) is 20.2. The van der Waals surface area contributed by atoms with E-state index in [1.165, 1.54) is 17.3 Å². The molecule has 1 amide bonds. The van der Waals surface area contributed by atoms with Gasteiger partial charge in [0.15, 0.2) is 0 Å². The number of aryl methyl sites for hydroxylation is 1. The summed E-state index contributed by atoms with van der Waals surface area (Å²) in [5.41, 5.74) is 2.65. The topological polar surface area (TPSA) is 101 Å². The lowest BCUT2D eigenvalue weighted by atomic mass is 10.2. The van der Waals surface area contributed by atoms with Crippen LogP contribution in [-0.4, -0.2) is 47.8 Å². The van der Waals surface area contributed by atoms with Crippen LogP contribution < -0.4 is 10.1 Å². The van der Waals surface area contributed by atoms with Crippen molar-refractivity contribution in [2.24, 2.45) is 0 Å². The van der Waals surface area contributed by atoms with Crippen LogP contribution in [0.1, 0.15) is 18.9 Å². The van der Waals surface area contributed by atoms with Gasteiger partial charge in [0, 0.05) is 19.2 Å². The summed E-state index contributed by atoms with van der Waals surface area (Å²) in [5, 5.41) is 2.66. The first-order valence-corrected chi connectivity index (χ1v) is 11.0. The van der Waals surface area contributed by atoms with Crippen molar-refractivity contribution in [2.45, 2.75) is 31.3 Å². The minimum atomic E-state index is -3.67. The molecule has 2 heterocycles. The number of anilines is 1. The highest BCUT2D eigenvalue weighted by atomic mass is 32.2. The molecule has 8 nitrogen and oxygen atoms in total. The van der Waals surface area contributed by atoms with Crippen LogP contribution in [0.25, 0.3) is 11.0 Å². The van der Waals surface area contributed by atoms with E-state index in [1.807, 2.05) is 24.3 Å². The second kappa shape index (κ2) is 8.00. The van der Waals surface area contributed by atoms with Gasteiger partial charge in [0.25, 0.3) is 0 Å². The van der Waals surface area contributed by atoms with E-state index in [-0.39, 0.29) is 23.5 Å². The lowest BCUT2D eigenvalue weighted by Gasteiger charge is -2.19. The maximum absolute atomic E-state index is 13.1. The Morgan fingerprint density at radius 3 is 2.70 bits per heavy atom. The highest BCUT2D eigenvalue weighted by Crippen LogP contribution is 2.27. The molecule has 0 unspecified atom stereocenters. The standard InChI is InChI=1S/C21H22N4O4S/c1-14-11-16(23-15(2)26)7-8-20(14)30(27,28)25-10-9-17(13-25)29-21-12-22-18-5-3-4-6-19(18)24-21/h3-8,11-12,17H,9-10,13H2,1-2H3,(H,23,26)/t17-/m0/s1. The van der Waals surface area contributed by atoms with E-state index in [9.17, 15) is 13.2 Å². The van der Waals surface area contributed by atoms with Crippen molar-refractivity contribution in [3.63, 3.8) is 0 Å². The fourth-order valence-corrected chi connectivity index (χ4v) is 5.23. The van der Waals surface area contributed by atoms with Crippen molar-refractivity contribution >= 4 is 32.7 Å². The van der Waals surface area contributed by atoms with E-state index in [1.54, 1.807) is 25.3 Å². The first-order valence-electron chi connectivity index (χ1n) is 9.60. The van der Waals surface area contributed by atoms with Gasteiger partial charge in [0.1, 0.15) is 6.10 Å². The van der Waals surface area contributed by atoms with E-state index in [0.717, 1.165) is 11.0 Å². The number of para-hydroxylation sites is 2. The van der Waals surface area contributed by atoms with Gasteiger partial charge in [-0.2, -0.15) is 4.31 Å². The predicted octanol–water partition coefficient (Wildman–Crippen LogP) is 2.74. The van der Waals surface area contributed by atoms with Gasteiger partial charge < -0.3 is 10.1 Å². The molecule has 0 aliphatic carbocycles. The van der Waals surface area contributed by atoms with Gasteiger partial charge in [-0.25, -0.2) is 18.4 Å². The number of nitrogens with one attached hydrogen (secondary N) is 1. The smallest absolute Gasteiger partial charge is 0.243 e. The Hall–Kier alpha value is -3.04. The molecule has 1 N–H and O–H groups in total. The van der Waals surface area contributed by atoms with Crippen LogP contribution in [0, 0.1) is 6.92 Å². The highest BCUT2D eigenvalue weighted by molar-refractivity contribution is 7.89. The van der Waals surface area contributed by atoms with E-state index >= 15 is 0 Å². The maximum atomic E-state index is 13.1. The first kappa shape index (κ1) is 20.2. The summed E-state index contributed by atoms with van der Waals surface area (Å²) in [5.74, 6) is 0.176. The molecule has 9 heteroatoms. The van der Waals surface area contributed by atoms with Crippen LogP contribution in [0.4, 0.5) is 5.69 Å². The van der Waals surface area contributed by atoms with Crippen LogP contribution in [0.3, 0.4) is 0 Å². The number of ether oxygens (including phenoxy) is 1. The molecule has 2 aromatic carbocycles. The number of carbonyl (C=O) groups excluding carboxylic acids is 1. The summed E-state index contributed by atoms with van der Waals surface area (Å²) in [6, 6.07) is 12.3. The van der Waals surface area contributed by atoms with Gasteiger partial charge in [-0.1, -0.05) is 12.1 Å². The van der Waals surface area contributed by atoms with Gasteiger partial charge in [0.05, 0.1) is 28.7 Å². The Bertz CT molecular complexity index is 1210. The molecule has 3 aromatic rings. The number of nitrogens with zero attached hydrogens (tertiary/aromatic N) is 3. The van der Waals surface area contributed by atoms with E-state index in [0.29, 0.717) is 30.1 Å². The zero-order valence-electron chi connectivity index (χ0n) is 16.7. The van der Waals surface area contributed by atoms with Gasteiger partial charge in [-0.05, 0) is 49.2 Å². The largest absolute Gasteiger partial charge is 0.472 e. The number of benzene rings is 2. The molecule has 1 aliphatic rings. The second-order valence-corrected chi connectivity index (χ2v) is 9.16. The molecule has 1 fully saturated rings. The van der Waals surface area contributed by atoms with Crippen LogP contribution >= 0.6 is 0 Å². The SMILES string of the molecule is CC(=O)Nc1ccc(S(=O)(=O)N2CC[C@H](Oc3cnc4ccccc4n3)C2)c(C)c1. The minimum absolute atomic E-state index is 0.207. The third-order valence-corrected chi connectivity index (χ3v) is 6.96. The molecular weight excluding hydrogens is 404 g/mol. The number of sulfonamides is 1. The normalized spacial score (nSPS) is 17.2. The summed E-state index contributed by atoms with van der Waals surface area (Å²) in [6.45, 7) is 3.72. The van der Waals surface area contributed by atoms with Crippen molar-refractivity contribution in [1.82, 2.24) is 14.3 Å². The number of carbonyl (C=O) groups is 1. The number of hydrogen-bond acceptors (Lipinski definition) is 6. The Labute approximate surface area is 175 Å². The average Bonchev–Trinajstić information content (AvgIpc) is 3.16. The zero-order valence-corrected chi connectivity index (χ0v) is 17.5. The third kappa shape index (κ3) is 4.12. The molecular formula is C21H22N4O4S. The van der Waals surface area contributed by atoms with E-state index < -0.39 is 10.0 Å². The predicted molar refractivity (Wildman–Crippen MR) is 113 cm³/mol. The Morgan fingerprint density at radius 2 is 1.97 bits per heavy atom. The maximum Gasteiger partial charge on any atom is 0.243 e. The molecule has 1 aliphatic heterocycles. The fraction of sp³-hybridized carbons (Fsp3) is 0.286. The zero-order chi connectivity index (χ0) is 21.3. The number of aromatic nitrogens is 2. The van der Waals surface area contributed by atoms with Crippen LogP contribution in [0.15, 0.2) is 53.6 Å². The molecule has 4 rings (SSSR count). The lowest BCUT2D eigenvalue weighted by Crippen LogP contribution is -2.31. The first-order chi connectivity index (χ1) is 14.3. The van der Waals surface area contributed by atoms with Crippen LogP contribution in [-0.2, 0) is 14.8 Å². The van der Waals surface area contributed by atoms with Crippen molar-refractivity contribution in [1.29, 1.82) is 0 Å². The Balaban J connectivity index is 1.48. The molecule has 1 aromatic heterocycles. The molecule has 0 bridgehead atoms. The summed E-state index contributed by atoms with van der Waals surface area (Å²) < 4.78 is 33.6. The molecule has 30 heavy (non-hydrogen) atoms. The monoisotopic (exact) mass is 426 g/mol. The lowest BCUT2D eigenvalue weighted by molar-refractivity contribution is -0.114. The average molecular weight is 426 g/mol. The van der Waals surface area contributed by atoms with Crippen LogP contribution in [0.2, 0.25) is 0 Å².